The lowest BCUT2D eigenvalue weighted by Crippen LogP contribution is -1.98. The molecule has 2 rings (SSSR count). The van der Waals surface area contributed by atoms with Crippen molar-refractivity contribution in [3.8, 4) is 0 Å². The fraction of sp³-hybridized carbons (Fsp3) is 0. The summed E-state index contributed by atoms with van der Waals surface area (Å²) in [4.78, 5) is 11.0. The lowest BCUT2D eigenvalue weighted by Gasteiger charge is -2.07. The number of carbonyl (C=O) groups is 1. The zero-order valence-corrected chi connectivity index (χ0v) is 8.47. The number of carboxylic acid groups (broad SMARTS) is 1. The van der Waals surface area contributed by atoms with E-state index in [9.17, 15) is 9.90 Å². The van der Waals surface area contributed by atoms with Crippen molar-refractivity contribution in [2.45, 2.75) is 0 Å². The molecule has 0 saturated carbocycles. The standard InChI is InChI=1S/C13H10O3/c1-8(14)9-6-7-12(13(15)16)11-5-3-2-4-10(9)11/h2-7,14H,1H2,(H,15,16). The van der Waals surface area contributed by atoms with Gasteiger partial charge in [0.05, 0.1) is 5.56 Å². The first-order chi connectivity index (χ1) is 7.61. The Morgan fingerprint density at radius 1 is 0.938 bits per heavy atom. The molecule has 80 valence electrons. The third-order valence-corrected chi connectivity index (χ3v) is 2.47. The highest BCUT2D eigenvalue weighted by molar-refractivity contribution is 6.06. The number of benzene rings is 2. The van der Waals surface area contributed by atoms with Crippen molar-refractivity contribution in [3.05, 3.63) is 54.1 Å². The van der Waals surface area contributed by atoms with Gasteiger partial charge in [-0.15, -0.1) is 0 Å². The number of aliphatic hydroxyl groups excluding tert-OH is 1. The minimum Gasteiger partial charge on any atom is -0.508 e. The van der Waals surface area contributed by atoms with Crippen LogP contribution in [-0.4, -0.2) is 16.2 Å². The quantitative estimate of drug-likeness (QED) is 0.755. The lowest BCUT2D eigenvalue weighted by molar-refractivity contribution is 0.0699. The Labute approximate surface area is 92.3 Å². The second kappa shape index (κ2) is 3.70. The first-order valence-electron chi connectivity index (χ1n) is 4.74. The van der Waals surface area contributed by atoms with Crippen LogP contribution in [0.3, 0.4) is 0 Å². The van der Waals surface area contributed by atoms with Crippen molar-refractivity contribution in [2.75, 3.05) is 0 Å². The molecule has 0 aliphatic heterocycles. The zero-order chi connectivity index (χ0) is 11.7. The van der Waals surface area contributed by atoms with Gasteiger partial charge < -0.3 is 10.2 Å². The first kappa shape index (κ1) is 10.2. The summed E-state index contributed by atoms with van der Waals surface area (Å²) >= 11 is 0. The van der Waals surface area contributed by atoms with Crippen LogP contribution in [0.5, 0.6) is 0 Å². The van der Waals surface area contributed by atoms with E-state index in [1.54, 1.807) is 30.3 Å². The maximum Gasteiger partial charge on any atom is 0.336 e. The Kier molecular flexibility index (Phi) is 2.37. The zero-order valence-electron chi connectivity index (χ0n) is 8.47. The Bertz CT molecular complexity index is 532. The third-order valence-electron chi connectivity index (χ3n) is 2.47. The van der Waals surface area contributed by atoms with Crippen LogP contribution in [0.4, 0.5) is 0 Å². The van der Waals surface area contributed by atoms with Crippen LogP contribution in [-0.2, 0) is 0 Å². The number of carboxylic acids is 1. The van der Waals surface area contributed by atoms with Gasteiger partial charge in [-0.25, -0.2) is 4.79 Å². The molecule has 3 nitrogen and oxygen atoms in total. The predicted octanol–water partition coefficient (Wildman–Crippen LogP) is 3.07. The van der Waals surface area contributed by atoms with E-state index in [0.29, 0.717) is 16.3 Å². The molecule has 0 aliphatic carbocycles. The highest BCUT2D eigenvalue weighted by Crippen LogP contribution is 2.26. The molecular formula is C13H10O3. The van der Waals surface area contributed by atoms with Gasteiger partial charge in [0.1, 0.15) is 5.76 Å². The maximum absolute atomic E-state index is 11.0. The molecule has 2 aromatic rings. The van der Waals surface area contributed by atoms with Crippen LogP contribution in [0.2, 0.25) is 0 Å². The van der Waals surface area contributed by atoms with Crippen LogP contribution < -0.4 is 0 Å². The fourth-order valence-electron chi connectivity index (χ4n) is 1.74. The molecule has 3 heteroatoms. The van der Waals surface area contributed by atoms with E-state index in [4.69, 9.17) is 5.11 Å². The number of aliphatic hydroxyl groups is 1. The highest BCUT2D eigenvalue weighted by atomic mass is 16.4. The summed E-state index contributed by atoms with van der Waals surface area (Å²) in [6, 6.07) is 10.1. The van der Waals surface area contributed by atoms with Crippen LogP contribution in [0.15, 0.2) is 43.0 Å². The van der Waals surface area contributed by atoms with Crippen molar-refractivity contribution in [2.24, 2.45) is 0 Å². The van der Waals surface area contributed by atoms with Crippen molar-refractivity contribution in [1.29, 1.82) is 0 Å². The minimum absolute atomic E-state index is 0.0619. The van der Waals surface area contributed by atoms with Gasteiger partial charge in [-0.2, -0.15) is 0 Å². The Hall–Kier alpha value is -2.29. The largest absolute Gasteiger partial charge is 0.508 e. The summed E-state index contributed by atoms with van der Waals surface area (Å²) in [5.74, 6) is -1.04. The number of rotatable bonds is 2. The second-order valence-electron chi connectivity index (χ2n) is 3.46. The molecule has 0 bridgehead atoms. The topological polar surface area (TPSA) is 57.5 Å². The molecule has 0 unspecified atom stereocenters. The lowest BCUT2D eigenvalue weighted by atomic mass is 9.99. The summed E-state index contributed by atoms with van der Waals surface area (Å²) in [6.07, 6.45) is 0. The fourth-order valence-corrected chi connectivity index (χ4v) is 1.74. The van der Waals surface area contributed by atoms with Crippen molar-refractivity contribution in [3.63, 3.8) is 0 Å². The van der Waals surface area contributed by atoms with Gasteiger partial charge in [0, 0.05) is 5.56 Å². The van der Waals surface area contributed by atoms with E-state index in [2.05, 4.69) is 6.58 Å². The molecule has 0 aromatic heterocycles. The SMILES string of the molecule is C=C(O)c1ccc(C(=O)O)c2ccccc12. The van der Waals surface area contributed by atoms with E-state index in [-0.39, 0.29) is 11.3 Å². The monoisotopic (exact) mass is 214 g/mol. The summed E-state index contributed by atoms with van der Waals surface area (Å²) in [5.41, 5.74) is 0.779. The van der Waals surface area contributed by atoms with Gasteiger partial charge >= 0.3 is 5.97 Å². The molecule has 0 fully saturated rings. The van der Waals surface area contributed by atoms with Crippen molar-refractivity contribution in [1.82, 2.24) is 0 Å². The molecule has 0 atom stereocenters. The number of aromatic carboxylic acids is 1. The highest BCUT2D eigenvalue weighted by Gasteiger charge is 2.11. The molecule has 0 heterocycles. The Balaban J connectivity index is 2.87. The van der Waals surface area contributed by atoms with E-state index in [0.717, 1.165) is 0 Å². The number of hydrogen-bond donors (Lipinski definition) is 2. The Morgan fingerprint density at radius 3 is 1.94 bits per heavy atom. The Morgan fingerprint density at radius 2 is 1.44 bits per heavy atom. The maximum atomic E-state index is 11.0. The molecular weight excluding hydrogens is 204 g/mol. The van der Waals surface area contributed by atoms with Crippen molar-refractivity contribution < 1.29 is 15.0 Å². The molecule has 0 spiro atoms. The van der Waals surface area contributed by atoms with E-state index < -0.39 is 5.97 Å². The third kappa shape index (κ3) is 1.52. The van der Waals surface area contributed by atoms with Gasteiger partial charge in [-0.3, -0.25) is 0 Å². The van der Waals surface area contributed by atoms with Gasteiger partial charge in [-0.05, 0) is 22.9 Å². The van der Waals surface area contributed by atoms with Crippen LogP contribution >= 0.6 is 0 Å². The van der Waals surface area contributed by atoms with Crippen LogP contribution in [0, 0.1) is 0 Å². The number of fused-ring (bicyclic) bond motifs is 1. The normalized spacial score (nSPS) is 10.2. The molecule has 0 saturated heterocycles. The average Bonchev–Trinajstić information content (AvgIpc) is 2.27. The van der Waals surface area contributed by atoms with Gasteiger partial charge in [-0.1, -0.05) is 30.8 Å². The second-order valence-corrected chi connectivity index (χ2v) is 3.46. The summed E-state index contributed by atoms with van der Waals surface area (Å²) in [7, 11) is 0. The van der Waals surface area contributed by atoms with E-state index in [1.165, 1.54) is 6.07 Å². The summed E-state index contributed by atoms with van der Waals surface area (Å²) in [5, 5.41) is 19.7. The van der Waals surface area contributed by atoms with Gasteiger partial charge in [0.25, 0.3) is 0 Å². The van der Waals surface area contributed by atoms with E-state index in [1.807, 2.05) is 0 Å². The molecule has 0 aliphatic rings. The van der Waals surface area contributed by atoms with Gasteiger partial charge in [0.2, 0.25) is 0 Å². The molecule has 2 aromatic carbocycles. The van der Waals surface area contributed by atoms with Gasteiger partial charge in [0.15, 0.2) is 0 Å². The predicted molar refractivity (Wildman–Crippen MR) is 62.6 cm³/mol. The van der Waals surface area contributed by atoms with Crippen molar-refractivity contribution >= 4 is 22.5 Å². The van der Waals surface area contributed by atoms with Crippen LogP contribution in [0.25, 0.3) is 16.5 Å². The van der Waals surface area contributed by atoms with Crippen LogP contribution in [0.1, 0.15) is 15.9 Å². The minimum atomic E-state index is -0.980. The molecule has 16 heavy (non-hydrogen) atoms. The average molecular weight is 214 g/mol. The molecule has 0 amide bonds. The first-order valence-corrected chi connectivity index (χ1v) is 4.74. The molecule has 2 N–H and O–H groups in total. The summed E-state index contributed by atoms with van der Waals surface area (Å²) in [6.45, 7) is 3.46. The smallest absolute Gasteiger partial charge is 0.336 e. The summed E-state index contributed by atoms with van der Waals surface area (Å²) < 4.78 is 0. The van der Waals surface area contributed by atoms with E-state index >= 15 is 0 Å². The molecule has 0 radical (unpaired) electrons. The number of hydrogen-bond acceptors (Lipinski definition) is 2.